The molecule has 0 fully saturated rings. The molecule has 0 aliphatic rings. The molecule has 0 atom stereocenters. The van der Waals surface area contributed by atoms with Crippen molar-refractivity contribution < 1.29 is 0 Å². The van der Waals surface area contributed by atoms with Gasteiger partial charge in [-0.3, -0.25) is 4.98 Å². The Morgan fingerprint density at radius 2 is 2.18 bits per heavy atom. The summed E-state index contributed by atoms with van der Waals surface area (Å²) in [5.41, 5.74) is 3.31. The molecule has 0 aliphatic heterocycles. The molecule has 2 rings (SSSR count). The summed E-state index contributed by atoms with van der Waals surface area (Å²) in [6, 6.07) is 3.96. The summed E-state index contributed by atoms with van der Waals surface area (Å²) in [6.07, 6.45) is 6.24. The van der Waals surface area contributed by atoms with E-state index in [9.17, 15) is 0 Å². The minimum Gasteiger partial charge on any atom is -0.316 e. The molecule has 0 aliphatic carbocycles. The maximum atomic E-state index is 4.51. The van der Waals surface area contributed by atoms with Crippen LogP contribution < -0.4 is 5.32 Å². The Kier molecular flexibility index (Phi) is 3.77. The van der Waals surface area contributed by atoms with Crippen LogP contribution in [0.2, 0.25) is 0 Å². The van der Waals surface area contributed by atoms with Crippen molar-refractivity contribution in [2.75, 3.05) is 7.05 Å². The van der Waals surface area contributed by atoms with Crippen LogP contribution in [-0.4, -0.2) is 22.0 Å². The van der Waals surface area contributed by atoms with E-state index in [-0.39, 0.29) is 0 Å². The van der Waals surface area contributed by atoms with Crippen molar-refractivity contribution in [1.29, 1.82) is 0 Å². The Morgan fingerprint density at radius 3 is 2.82 bits per heavy atom. The molecule has 0 unspecified atom stereocenters. The Balaban J connectivity index is 2.15. The fourth-order valence-corrected chi connectivity index (χ4v) is 1.67. The minimum absolute atomic E-state index is 0.731. The number of pyridine rings is 1. The van der Waals surface area contributed by atoms with Crippen LogP contribution in [0.1, 0.15) is 22.6 Å². The lowest BCUT2D eigenvalue weighted by atomic mass is 10.2. The summed E-state index contributed by atoms with van der Waals surface area (Å²) < 4.78 is 0. The van der Waals surface area contributed by atoms with E-state index < -0.39 is 0 Å². The standard InChI is InChI=1S/C13H16N4/c1-10-12(8-14-2)9-16-13(17-10)6-11-4-3-5-15-7-11/h3-5,7,9,14H,6,8H2,1-2H3. The van der Waals surface area contributed by atoms with Crippen LogP contribution in [0.4, 0.5) is 0 Å². The van der Waals surface area contributed by atoms with Gasteiger partial charge in [-0.2, -0.15) is 0 Å². The van der Waals surface area contributed by atoms with Gasteiger partial charge in [-0.15, -0.1) is 0 Å². The second-order valence-corrected chi connectivity index (χ2v) is 3.97. The average Bonchev–Trinajstić information content (AvgIpc) is 2.34. The summed E-state index contributed by atoms with van der Waals surface area (Å²) in [5.74, 6) is 0.843. The number of hydrogen-bond acceptors (Lipinski definition) is 4. The number of nitrogens with zero attached hydrogens (tertiary/aromatic N) is 3. The van der Waals surface area contributed by atoms with E-state index in [0.717, 1.165) is 35.6 Å². The van der Waals surface area contributed by atoms with Gasteiger partial charge in [-0.05, 0) is 25.6 Å². The van der Waals surface area contributed by atoms with Gasteiger partial charge in [0.2, 0.25) is 0 Å². The van der Waals surface area contributed by atoms with E-state index >= 15 is 0 Å². The second-order valence-electron chi connectivity index (χ2n) is 3.97. The maximum absolute atomic E-state index is 4.51. The second kappa shape index (κ2) is 5.50. The van der Waals surface area contributed by atoms with Gasteiger partial charge in [-0.25, -0.2) is 9.97 Å². The first-order chi connectivity index (χ1) is 8.29. The first-order valence-electron chi connectivity index (χ1n) is 5.64. The predicted octanol–water partition coefficient (Wildman–Crippen LogP) is 1.49. The zero-order valence-corrected chi connectivity index (χ0v) is 10.1. The van der Waals surface area contributed by atoms with Crippen LogP contribution in [0.25, 0.3) is 0 Å². The molecule has 2 aromatic rings. The van der Waals surface area contributed by atoms with Gasteiger partial charge in [0.05, 0.1) is 0 Å². The highest BCUT2D eigenvalue weighted by molar-refractivity contribution is 5.19. The van der Waals surface area contributed by atoms with E-state index in [1.54, 1.807) is 6.20 Å². The lowest BCUT2D eigenvalue weighted by Gasteiger charge is -2.06. The normalized spacial score (nSPS) is 10.5. The molecule has 0 amide bonds. The molecule has 1 N–H and O–H groups in total. The number of aryl methyl sites for hydroxylation is 1. The topological polar surface area (TPSA) is 50.7 Å². The largest absolute Gasteiger partial charge is 0.316 e. The molecule has 88 valence electrons. The van der Waals surface area contributed by atoms with Gasteiger partial charge in [0.15, 0.2) is 0 Å². The van der Waals surface area contributed by atoms with Crippen molar-refractivity contribution in [3.63, 3.8) is 0 Å². The first-order valence-corrected chi connectivity index (χ1v) is 5.64. The smallest absolute Gasteiger partial charge is 0.132 e. The predicted molar refractivity (Wildman–Crippen MR) is 66.6 cm³/mol. The van der Waals surface area contributed by atoms with Crippen molar-refractivity contribution >= 4 is 0 Å². The van der Waals surface area contributed by atoms with Crippen LogP contribution in [0, 0.1) is 6.92 Å². The summed E-state index contributed by atoms with van der Waals surface area (Å²) in [6.45, 7) is 2.82. The zero-order chi connectivity index (χ0) is 12.1. The van der Waals surface area contributed by atoms with E-state index in [0.29, 0.717) is 0 Å². The van der Waals surface area contributed by atoms with Gasteiger partial charge >= 0.3 is 0 Å². The van der Waals surface area contributed by atoms with E-state index in [1.807, 2.05) is 38.5 Å². The number of hydrogen-bond donors (Lipinski definition) is 1. The zero-order valence-electron chi connectivity index (χ0n) is 10.1. The monoisotopic (exact) mass is 228 g/mol. The molecule has 0 aromatic carbocycles. The minimum atomic E-state index is 0.731. The molecule has 0 radical (unpaired) electrons. The third-order valence-corrected chi connectivity index (χ3v) is 2.58. The lowest BCUT2D eigenvalue weighted by Crippen LogP contribution is -2.09. The van der Waals surface area contributed by atoms with Crippen molar-refractivity contribution in [2.24, 2.45) is 0 Å². The van der Waals surface area contributed by atoms with Crippen LogP contribution in [-0.2, 0) is 13.0 Å². The molecular weight excluding hydrogens is 212 g/mol. The molecule has 0 saturated heterocycles. The third-order valence-electron chi connectivity index (χ3n) is 2.58. The molecule has 4 nitrogen and oxygen atoms in total. The van der Waals surface area contributed by atoms with Crippen molar-refractivity contribution in [2.45, 2.75) is 19.9 Å². The molecular formula is C13H16N4. The number of nitrogens with one attached hydrogen (secondary N) is 1. The lowest BCUT2D eigenvalue weighted by molar-refractivity contribution is 0.786. The van der Waals surface area contributed by atoms with Crippen LogP contribution in [0.5, 0.6) is 0 Å². The Hall–Kier alpha value is -1.81. The summed E-state index contributed by atoms with van der Waals surface area (Å²) in [4.78, 5) is 13.0. The Bertz CT molecular complexity index is 482. The van der Waals surface area contributed by atoms with Gasteiger partial charge < -0.3 is 5.32 Å². The maximum Gasteiger partial charge on any atom is 0.132 e. The van der Waals surface area contributed by atoms with Crippen molar-refractivity contribution in [1.82, 2.24) is 20.3 Å². The quantitative estimate of drug-likeness (QED) is 0.861. The molecule has 0 saturated carbocycles. The SMILES string of the molecule is CNCc1cnc(Cc2cccnc2)nc1C. The van der Waals surface area contributed by atoms with E-state index in [1.165, 1.54) is 0 Å². The number of aromatic nitrogens is 3. The van der Waals surface area contributed by atoms with Gasteiger partial charge in [0.1, 0.15) is 5.82 Å². The van der Waals surface area contributed by atoms with Crippen LogP contribution >= 0.6 is 0 Å². The molecule has 0 bridgehead atoms. The van der Waals surface area contributed by atoms with Crippen molar-refractivity contribution in [3.8, 4) is 0 Å². The van der Waals surface area contributed by atoms with Crippen LogP contribution in [0.15, 0.2) is 30.7 Å². The molecule has 2 heterocycles. The average molecular weight is 228 g/mol. The highest BCUT2D eigenvalue weighted by atomic mass is 14.9. The summed E-state index contributed by atoms with van der Waals surface area (Å²) in [7, 11) is 1.92. The fourth-order valence-electron chi connectivity index (χ4n) is 1.67. The molecule has 2 aromatic heterocycles. The fraction of sp³-hybridized carbons (Fsp3) is 0.308. The number of rotatable bonds is 4. The van der Waals surface area contributed by atoms with E-state index in [4.69, 9.17) is 0 Å². The first kappa shape index (κ1) is 11.7. The molecule has 0 spiro atoms. The highest BCUT2D eigenvalue weighted by Crippen LogP contribution is 2.07. The van der Waals surface area contributed by atoms with Gasteiger partial charge in [-0.1, -0.05) is 6.07 Å². The molecule has 4 heteroatoms. The van der Waals surface area contributed by atoms with Gasteiger partial charge in [0, 0.05) is 42.8 Å². The van der Waals surface area contributed by atoms with Crippen LogP contribution in [0.3, 0.4) is 0 Å². The summed E-state index contributed by atoms with van der Waals surface area (Å²) >= 11 is 0. The summed E-state index contributed by atoms with van der Waals surface area (Å²) in [5, 5.41) is 3.10. The van der Waals surface area contributed by atoms with Crippen molar-refractivity contribution in [3.05, 3.63) is 53.4 Å². The molecule has 17 heavy (non-hydrogen) atoms. The highest BCUT2D eigenvalue weighted by Gasteiger charge is 2.03. The van der Waals surface area contributed by atoms with E-state index in [2.05, 4.69) is 20.3 Å². The Labute approximate surface area is 101 Å². The Morgan fingerprint density at radius 1 is 1.29 bits per heavy atom. The third kappa shape index (κ3) is 3.07. The van der Waals surface area contributed by atoms with Gasteiger partial charge in [0.25, 0.3) is 0 Å².